The number of carbonyl (C=O) groups excluding carboxylic acids is 1. The lowest BCUT2D eigenvalue weighted by molar-refractivity contribution is -0.131. The van der Waals surface area contributed by atoms with Crippen molar-refractivity contribution < 1.29 is 22.8 Å². The molecule has 0 radical (unpaired) electrons. The van der Waals surface area contributed by atoms with E-state index in [2.05, 4.69) is 15.1 Å². The summed E-state index contributed by atoms with van der Waals surface area (Å²) in [6.45, 7) is 1.27. The standard InChI is InChI=1S/C24H20F2N4O3/c1-15-27-22(29-33-15)17-7-3-4-8-18(17)23(31)30-13-12-24(25,26)20(14-30)32-21-11-10-16-6-2-5-9-19(16)28-21/h2-11,20H,12-14H2,1H3. The molecule has 168 valence electrons. The normalized spacial score (nSPS) is 17.8. The molecule has 3 heterocycles. The minimum atomic E-state index is -3.10. The van der Waals surface area contributed by atoms with Crippen LogP contribution in [0.5, 0.6) is 5.88 Å². The summed E-state index contributed by atoms with van der Waals surface area (Å²) in [5.41, 5.74) is 1.43. The maximum atomic E-state index is 14.7. The molecule has 1 amide bonds. The van der Waals surface area contributed by atoms with Crippen molar-refractivity contribution in [1.29, 1.82) is 0 Å². The number of hydrogen-bond acceptors (Lipinski definition) is 6. The van der Waals surface area contributed by atoms with Gasteiger partial charge in [0.1, 0.15) is 0 Å². The highest BCUT2D eigenvalue weighted by Crippen LogP contribution is 2.33. The third-order valence-electron chi connectivity index (χ3n) is 5.62. The first-order valence-electron chi connectivity index (χ1n) is 10.5. The topological polar surface area (TPSA) is 81.4 Å². The van der Waals surface area contributed by atoms with E-state index in [0.29, 0.717) is 22.5 Å². The highest BCUT2D eigenvalue weighted by Gasteiger charge is 2.47. The van der Waals surface area contributed by atoms with Crippen molar-refractivity contribution >= 4 is 16.8 Å². The molecular formula is C24H20F2N4O3. The summed E-state index contributed by atoms with van der Waals surface area (Å²) in [6, 6.07) is 17.5. The first-order valence-corrected chi connectivity index (χ1v) is 10.5. The van der Waals surface area contributed by atoms with Gasteiger partial charge in [-0.3, -0.25) is 4.79 Å². The number of carbonyl (C=O) groups is 1. The molecule has 0 saturated carbocycles. The number of aryl methyl sites for hydroxylation is 1. The van der Waals surface area contributed by atoms with E-state index in [0.717, 1.165) is 5.39 Å². The number of nitrogens with zero attached hydrogens (tertiary/aromatic N) is 4. The van der Waals surface area contributed by atoms with Crippen LogP contribution in [0.3, 0.4) is 0 Å². The Bertz CT molecular complexity index is 1320. The third kappa shape index (κ3) is 4.13. The number of benzene rings is 2. The van der Waals surface area contributed by atoms with Gasteiger partial charge in [-0.05, 0) is 18.2 Å². The monoisotopic (exact) mass is 450 g/mol. The predicted octanol–water partition coefficient (Wildman–Crippen LogP) is 4.52. The summed E-state index contributed by atoms with van der Waals surface area (Å²) >= 11 is 0. The molecule has 33 heavy (non-hydrogen) atoms. The van der Waals surface area contributed by atoms with Crippen molar-refractivity contribution in [2.24, 2.45) is 0 Å². The molecule has 1 unspecified atom stereocenters. The summed E-state index contributed by atoms with van der Waals surface area (Å²) < 4.78 is 40.1. The van der Waals surface area contributed by atoms with Crippen LogP contribution in [0.1, 0.15) is 22.7 Å². The first kappa shape index (κ1) is 21.0. The lowest BCUT2D eigenvalue weighted by Crippen LogP contribution is -2.55. The maximum absolute atomic E-state index is 14.7. The van der Waals surface area contributed by atoms with E-state index in [1.165, 1.54) is 4.90 Å². The van der Waals surface area contributed by atoms with Gasteiger partial charge in [0.2, 0.25) is 17.6 Å². The number of aromatic nitrogens is 3. The van der Waals surface area contributed by atoms with Gasteiger partial charge in [0.05, 0.1) is 17.6 Å². The van der Waals surface area contributed by atoms with Crippen LogP contribution >= 0.6 is 0 Å². The van der Waals surface area contributed by atoms with E-state index in [1.807, 2.05) is 18.2 Å². The van der Waals surface area contributed by atoms with E-state index in [1.54, 1.807) is 49.4 Å². The Balaban J connectivity index is 1.40. The average molecular weight is 450 g/mol. The molecule has 1 saturated heterocycles. The second kappa shape index (κ2) is 8.23. The lowest BCUT2D eigenvalue weighted by Gasteiger charge is -2.38. The number of halogens is 2. The van der Waals surface area contributed by atoms with Crippen molar-refractivity contribution in [3.8, 4) is 17.3 Å². The number of ether oxygens (including phenoxy) is 1. The molecule has 0 spiro atoms. The highest BCUT2D eigenvalue weighted by molar-refractivity contribution is 6.00. The van der Waals surface area contributed by atoms with Crippen molar-refractivity contribution in [2.75, 3.05) is 13.1 Å². The number of rotatable bonds is 4. The fourth-order valence-corrected chi connectivity index (χ4v) is 3.88. The smallest absolute Gasteiger partial charge is 0.287 e. The van der Waals surface area contributed by atoms with Gasteiger partial charge in [0.25, 0.3) is 11.8 Å². The fraction of sp³-hybridized carbons (Fsp3) is 0.250. The summed E-state index contributed by atoms with van der Waals surface area (Å²) in [5, 5.41) is 4.76. The van der Waals surface area contributed by atoms with Crippen molar-refractivity contribution in [1.82, 2.24) is 20.0 Å². The second-order valence-corrected chi connectivity index (χ2v) is 7.89. The molecule has 7 nitrogen and oxygen atoms in total. The zero-order chi connectivity index (χ0) is 23.0. The number of pyridine rings is 1. The molecule has 0 aliphatic carbocycles. The largest absolute Gasteiger partial charge is 0.466 e. The summed E-state index contributed by atoms with van der Waals surface area (Å²) in [7, 11) is 0. The first-order chi connectivity index (χ1) is 15.9. The average Bonchev–Trinajstić information content (AvgIpc) is 3.26. The number of amides is 1. The van der Waals surface area contributed by atoms with Gasteiger partial charge in [-0.2, -0.15) is 4.98 Å². The van der Waals surface area contributed by atoms with Gasteiger partial charge in [-0.25, -0.2) is 13.8 Å². The summed E-state index contributed by atoms with van der Waals surface area (Å²) in [6.07, 6.45) is -2.04. The Morgan fingerprint density at radius 3 is 2.70 bits per heavy atom. The van der Waals surface area contributed by atoms with Crippen LogP contribution in [0.2, 0.25) is 0 Å². The van der Waals surface area contributed by atoms with Crippen LogP contribution in [0.4, 0.5) is 8.78 Å². The molecule has 1 atom stereocenters. The zero-order valence-corrected chi connectivity index (χ0v) is 17.7. The fourth-order valence-electron chi connectivity index (χ4n) is 3.88. The van der Waals surface area contributed by atoms with Gasteiger partial charge >= 0.3 is 0 Å². The predicted molar refractivity (Wildman–Crippen MR) is 116 cm³/mol. The van der Waals surface area contributed by atoms with E-state index in [9.17, 15) is 13.6 Å². The van der Waals surface area contributed by atoms with Gasteiger partial charge in [-0.15, -0.1) is 0 Å². The Hall–Kier alpha value is -3.88. The van der Waals surface area contributed by atoms with Gasteiger partial charge in [0.15, 0.2) is 6.10 Å². The Kier molecular flexibility index (Phi) is 5.24. The molecule has 2 aromatic heterocycles. The molecule has 9 heteroatoms. The number of alkyl halides is 2. The van der Waals surface area contributed by atoms with Gasteiger partial charge < -0.3 is 14.2 Å². The number of piperidine rings is 1. The van der Waals surface area contributed by atoms with Crippen LogP contribution in [0, 0.1) is 6.92 Å². The Morgan fingerprint density at radius 2 is 1.88 bits per heavy atom. The number of para-hydroxylation sites is 1. The van der Waals surface area contributed by atoms with E-state index >= 15 is 0 Å². The number of hydrogen-bond donors (Lipinski definition) is 0. The van der Waals surface area contributed by atoms with E-state index in [4.69, 9.17) is 9.26 Å². The SMILES string of the molecule is Cc1nc(-c2ccccc2C(=O)N2CCC(F)(F)C(Oc3ccc4ccccc4n3)C2)no1. The Morgan fingerprint density at radius 1 is 1.09 bits per heavy atom. The molecule has 1 aliphatic rings. The molecule has 4 aromatic rings. The zero-order valence-electron chi connectivity index (χ0n) is 17.7. The molecule has 2 aromatic carbocycles. The molecule has 0 N–H and O–H groups in total. The molecule has 1 aliphatic heterocycles. The van der Waals surface area contributed by atoms with Gasteiger partial charge in [-0.1, -0.05) is 41.6 Å². The number of likely N-dealkylation sites (tertiary alicyclic amines) is 1. The van der Waals surface area contributed by atoms with Crippen molar-refractivity contribution in [3.05, 3.63) is 72.1 Å². The van der Waals surface area contributed by atoms with Crippen LogP contribution in [-0.4, -0.2) is 51.0 Å². The van der Waals surface area contributed by atoms with Crippen LogP contribution in [0.15, 0.2) is 65.2 Å². The molecule has 5 rings (SSSR count). The minimum Gasteiger partial charge on any atom is -0.466 e. The van der Waals surface area contributed by atoms with E-state index in [-0.39, 0.29) is 24.8 Å². The van der Waals surface area contributed by atoms with E-state index < -0.39 is 24.4 Å². The molecule has 1 fully saturated rings. The lowest BCUT2D eigenvalue weighted by atomic mass is 10.0. The van der Waals surface area contributed by atoms with Crippen molar-refractivity contribution in [2.45, 2.75) is 25.4 Å². The van der Waals surface area contributed by atoms with Crippen molar-refractivity contribution in [3.63, 3.8) is 0 Å². The van der Waals surface area contributed by atoms with Gasteiger partial charge in [0, 0.05) is 36.9 Å². The third-order valence-corrected chi connectivity index (χ3v) is 5.62. The molecule has 0 bridgehead atoms. The van der Waals surface area contributed by atoms with Crippen LogP contribution in [0.25, 0.3) is 22.3 Å². The highest BCUT2D eigenvalue weighted by atomic mass is 19.3. The number of fused-ring (bicyclic) bond motifs is 1. The summed E-state index contributed by atoms with van der Waals surface area (Å²) in [5.74, 6) is -2.78. The second-order valence-electron chi connectivity index (χ2n) is 7.89. The molecular weight excluding hydrogens is 430 g/mol. The van der Waals surface area contributed by atoms with Crippen LogP contribution < -0.4 is 4.74 Å². The van der Waals surface area contributed by atoms with Crippen LogP contribution in [-0.2, 0) is 0 Å². The quantitative estimate of drug-likeness (QED) is 0.455. The minimum absolute atomic E-state index is 0.0929. The summed E-state index contributed by atoms with van der Waals surface area (Å²) in [4.78, 5) is 23.2. The maximum Gasteiger partial charge on any atom is 0.287 e. The Labute approximate surface area is 188 Å².